The van der Waals surface area contributed by atoms with Crippen LogP contribution in [0.2, 0.25) is 0 Å². The van der Waals surface area contributed by atoms with Crippen LogP contribution in [0.5, 0.6) is 0 Å². The Balaban J connectivity index is 1.62. The molecular formula is C15H25N3. The molecule has 100 valence electrons. The average Bonchev–Trinajstić information content (AvgIpc) is 2.76. The molecule has 1 aliphatic heterocycles. The summed E-state index contributed by atoms with van der Waals surface area (Å²) in [5.41, 5.74) is 7.30. The molecule has 1 fully saturated rings. The summed E-state index contributed by atoms with van der Waals surface area (Å²) >= 11 is 0. The van der Waals surface area contributed by atoms with Crippen molar-refractivity contribution in [3.8, 4) is 0 Å². The van der Waals surface area contributed by atoms with Gasteiger partial charge in [-0.2, -0.15) is 0 Å². The van der Waals surface area contributed by atoms with Crippen molar-refractivity contribution < 1.29 is 0 Å². The Morgan fingerprint density at radius 1 is 1.33 bits per heavy atom. The van der Waals surface area contributed by atoms with Crippen molar-refractivity contribution in [1.82, 2.24) is 9.80 Å². The second kappa shape index (κ2) is 6.88. The molecule has 18 heavy (non-hydrogen) atoms. The van der Waals surface area contributed by atoms with Gasteiger partial charge >= 0.3 is 0 Å². The molecule has 0 spiro atoms. The Hall–Kier alpha value is -0.900. The third-order valence-corrected chi connectivity index (χ3v) is 3.62. The van der Waals surface area contributed by atoms with E-state index in [0.717, 1.165) is 19.6 Å². The summed E-state index contributed by atoms with van der Waals surface area (Å²) in [4.78, 5) is 4.88. The van der Waals surface area contributed by atoms with Crippen LogP contribution in [0, 0.1) is 0 Å². The zero-order valence-corrected chi connectivity index (χ0v) is 11.4. The van der Waals surface area contributed by atoms with Crippen LogP contribution in [0.1, 0.15) is 18.4 Å². The van der Waals surface area contributed by atoms with Crippen LogP contribution < -0.4 is 5.73 Å². The minimum absolute atomic E-state index is 0.409. The van der Waals surface area contributed by atoms with Crippen LogP contribution in [0.15, 0.2) is 30.3 Å². The van der Waals surface area contributed by atoms with Crippen molar-refractivity contribution in [3.63, 3.8) is 0 Å². The second-order valence-electron chi connectivity index (χ2n) is 5.43. The molecule has 1 aliphatic rings. The molecule has 0 radical (unpaired) electrons. The molecule has 0 aliphatic carbocycles. The maximum Gasteiger partial charge on any atom is 0.0230 e. The van der Waals surface area contributed by atoms with E-state index in [1.807, 2.05) is 0 Å². The lowest BCUT2D eigenvalue weighted by Gasteiger charge is -2.19. The fraction of sp³-hybridized carbons (Fsp3) is 0.600. The van der Waals surface area contributed by atoms with E-state index in [-0.39, 0.29) is 0 Å². The fourth-order valence-corrected chi connectivity index (χ4v) is 2.60. The predicted molar refractivity (Wildman–Crippen MR) is 76.4 cm³/mol. The number of nitrogens with two attached hydrogens (primary N) is 1. The van der Waals surface area contributed by atoms with Gasteiger partial charge in [-0.3, -0.25) is 0 Å². The highest BCUT2D eigenvalue weighted by molar-refractivity contribution is 5.14. The standard InChI is InChI=1S/C15H25N3/c1-17(12-14-6-3-2-4-7-14)9-5-10-18-11-8-15(16)13-18/h2-4,6-7,15H,5,8-13,16H2,1H3. The normalized spacial score (nSPS) is 20.7. The third kappa shape index (κ3) is 4.41. The van der Waals surface area contributed by atoms with E-state index < -0.39 is 0 Å². The van der Waals surface area contributed by atoms with Crippen molar-refractivity contribution in [3.05, 3.63) is 35.9 Å². The second-order valence-corrected chi connectivity index (χ2v) is 5.43. The Kier molecular flexibility index (Phi) is 5.17. The highest BCUT2D eigenvalue weighted by atomic mass is 15.2. The molecule has 0 aromatic heterocycles. The summed E-state index contributed by atoms with van der Waals surface area (Å²) in [6, 6.07) is 11.1. The molecule has 1 aromatic rings. The van der Waals surface area contributed by atoms with Crippen LogP contribution in [0.4, 0.5) is 0 Å². The monoisotopic (exact) mass is 247 g/mol. The van der Waals surface area contributed by atoms with E-state index in [1.54, 1.807) is 0 Å². The van der Waals surface area contributed by atoms with Crippen molar-refractivity contribution in [1.29, 1.82) is 0 Å². The molecule has 1 aromatic carbocycles. The number of hydrogen-bond acceptors (Lipinski definition) is 3. The summed E-state index contributed by atoms with van der Waals surface area (Å²) in [5, 5.41) is 0. The van der Waals surface area contributed by atoms with Gasteiger partial charge in [-0.25, -0.2) is 0 Å². The van der Waals surface area contributed by atoms with Gasteiger partial charge in [-0.1, -0.05) is 30.3 Å². The van der Waals surface area contributed by atoms with Gasteiger partial charge in [0.25, 0.3) is 0 Å². The highest BCUT2D eigenvalue weighted by Crippen LogP contribution is 2.08. The predicted octanol–water partition coefficient (Wildman–Crippen LogP) is 1.54. The first-order chi connectivity index (χ1) is 8.74. The number of benzene rings is 1. The lowest BCUT2D eigenvalue weighted by Crippen LogP contribution is -2.29. The molecule has 1 unspecified atom stereocenters. The molecule has 0 bridgehead atoms. The molecule has 2 N–H and O–H groups in total. The summed E-state index contributed by atoms with van der Waals surface area (Å²) in [5.74, 6) is 0. The van der Waals surface area contributed by atoms with E-state index in [9.17, 15) is 0 Å². The largest absolute Gasteiger partial charge is 0.326 e. The van der Waals surface area contributed by atoms with Gasteiger partial charge in [0.05, 0.1) is 0 Å². The minimum atomic E-state index is 0.409. The van der Waals surface area contributed by atoms with Gasteiger partial charge in [-0.15, -0.1) is 0 Å². The van der Waals surface area contributed by atoms with Gasteiger partial charge in [0.2, 0.25) is 0 Å². The summed E-state index contributed by atoms with van der Waals surface area (Å²) in [7, 11) is 2.20. The van der Waals surface area contributed by atoms with Gasteiger partial charge < -0.3 is 15.5 Å². The van der Waals surface area contributed by atoms with Crippen molar-refractivity contribution in [2.24, 2.45) is 5.73 Å². The van der Waals surface area contributed by atoms with Crippen LogP contribution >= 0.6 is 0 Å². The van der Waals surface area contributed by atoms with Crippen molar-refractivity contribution >= 4 is 0 Å². The minimum Gasteiger partial charge on any atom is -0.326 e. The topological polar surface area (TPSA) is 32.5 Å². The van der Waals surface area contributed by atoms with Gasteiger partial charge in [-0.05, 0) is 45.1 Å². The average molecular weight is 247 g/mol. The van der Waals surface area contributed by atoms with Gasteiger partial charge in [0.15, 0.2) is 0 Å². The lowest BCUT2D eigenvalue weighted by molar-refractivity contribution is 0.273. The molecule has 2 rings (SSSR count). The molecule has 1 atom stereocenters. The molecule has 3 heteroatoms. The van der Waals surface area contributed by atoms with Gasteiger partial charge in [0, 0.05) is 19.1 Å². The zero-order chi connectivity index (χ0) is 12.8. The Bertz CT molecular complexity index is 339. The Labute approximate surface area is 111 Å². The first-order valence-corrected chi connectivity index (χ1v) is 6.94. The SMILES string of the molecule is CN(CCCN1CCC(N)C1)Cc1ccccc1. The number of nitrogens with zero attached hydrogens (tertiary/aromatic N) is 2. The van der Waals surface area contributed by atoms with E-state index in [1.165, 1.54) is 31.5 Å². The quantitative estimate of drug-likeness (QED) is 0.827. The van der Waals surface area contributed by atoms with E-state index in [2.05, 4.69) is 47.2 Å². The summed E-state index contributed by atoms with van der Waals surface area (Å²) < 4.78 is 0. The van der Waals surface area contributed by atoms with E-state index in [4.69, 9.17) is 5.73 Å². The maximum absolute atomic E-state index is 5.91. The van der Waals surface area contributed by atoms with Crippen LogP contribution in [0.25, 0.3) is 0 Å². The number of rotatable bonds is 6. The number of likely N-dealkylation sites (tertiary alicyclic amines) is 1. The molecule has 3 nitrogen and oxygen atoms in total. The zero-order valence-electron chi connectivity index (χ0n) is 11.4. The molecule has 1 saturated heterocycles. The molecule has 0 saturated carbocycles. The smallest absolute Gasteiger partial charge is 0.0230 e. The van der Waals surface area contributed by atoms with E-state index >= 15 is 0 Å². The van der Waals surface area contributed by atoms with Crippen molar-refractivity contribution in [2.45, 2.75) is 25.4 Å². The summed E-state index contributed by atoms with van der Waals surface area (Å²) in [6.45, 7) is 5.65. The summed E-state index contributed by atoms with van der Waals surface area (Å²) in [6.07, 6.45) is 2.40. The molecule has 0 amide bonds. The van der Waals surface area contributed by atoms with Crippen LogP contribution in [-0.2, 0) is 6.54 Å². The molecule has 1 heterocycles. The highest BCUT2D eigenvalue weighted by Gasteiger charge is 2.18. The van der Waals surface area contributed by atoms with Crippen molar-refractivity contribution in [2.75, 3.05) is 33.2 Å². The molecular weight excluding hydrogens is 222 g/mol. The van der Waals surface area contributed by atoms with E-state index in [0.29, 0.717) is 6.04 Å². The number of hydrogen-bond donors (Lipinski definition) is 1. The van der Waals surface area contributed by atoms with Crippen LogP contribution in [-0.4, -0.2) is 49.1 Å². The first kappa shape index (κ1) is 13.5. The third-order valence-electron chi connectivity index (χ3n) is 3.62. The maximum atomic E-state index is 5.91. The van der Waals surface area contributed by atoms with Gasteiger partial charge in [0.1, 0.15) is 0 Å². The Morgan fingerprint density at radius 2 is 2.11 bits per heavy atom. The fourth-order valence-electron chi connectivity index (χ4n) is 2.60. The first-order valence-electron chi connectivity index (χ1n) is 6.94. The Morgan fingerprint density at radius 3 is 2.78 bits per heavy atom. The van der Waals surface area contributed by atoms with Crippen LogP contribution in [0.3, 0.4) is 0 Å². The lowest BCUT2D eigenvalue weighted by atomic mass is 10.2.